The molecule has 0 saturated carbocycles. The fourth-order valence-electron chi connectivity index (χ4n) is 2.23. The molecule has 23 heavy (non-hydrogen) atoms. The van der Waals surface area contributed by atoms with E-state index in [1.807, 2.05) is 6.08 Å². The Morgan fingerprint density at radius 1 is 1.30 bits per heavy atom. The lowest BCUT2D eigenvalue weighted by Crippen LogP contribution is -2.15. The first-order valence-corrected chi connectivity index (χ1v) is 8.34. The fraction of sp³-hybridized carbons (Fsp3) is 0.294. The first-order chi connectivity index (χ1) is 11.0. The fourth-order valence-corrected chi connectivity index (χ4v) is 2.64. The quantitative estimate of drug-likeness (QED) is 0.578. The van der Waals surface area contributed by atoms with Crippen LogP contribution < -0.4 is 5.56 Å². The Labute approximate surface area is 145 Å². The molecule has 2 N–H and O–H groups in total. The molecule has 2 rings (SSSR count). The SMILES string of the molecule is CCCCCC=Cc1c(O)n(-c2ccc(Cl)cc2)c(=S)[nH]c1=O. The van der Waals surface area contributed by atoms with Crippen molar-refractivity contribution in [2.45, 2.75) is 32.6 Å². The van der Waals surface area contributed by atoms with Gasteiger partial charge in [0.15, 0.2) is 4.77 Å². The van der Waals surface area contributed by atoms with Crippen molar-refractivity contribution in [3.63, 3.8) is 0 Å². The number of aromatic nitrogens is 2. The van der Waals surface area contributed by atoms with E-state index in [-0.39, 0.29) is 16.2 Å². The maximum Gasteiger partial charge on any atom is 0.262 e. The van der Waals surface area contributed by atoms with Gasteiger partial charge in [0.2, 0.25) is 5.88 Å². The summed E-state index contributed by atoms with van der Waals surface area (Å²) in [6.07, 6.45) is 7.74. The highest BCUT2D eigenvalue weighted by atomic mass is 35.5. The van der Waals surface area contributed by atoms with Crippen molar-refractivity contribution in [1.29, 1.82) is 0 Å². The van der Waals surface area contributed by atoms with Crippen LogP contribution in [0, 0.1) is 4.77 Å². The molecule has 1 heterocycles. The van der Waals surface area contributed by atoms with Crippen molar-refractivity contribution in [2.75, 3.05) is 0 Å². The molecule has 0 fully saturated rings. The summed E-state index contributed by atoms with van der Waals surface area (Å²) in [5.74, 6) is -0.173. The number of H-pyrrole nitrogens is 1. The average molecular weight is 351 g/mol. The molecule has 6 heteroatoms. The molecule has 0 aliphatic carbocycles. The Hall–Kier alpha value is -1.85. The second-order valence-corrected chi connectivity index (χ2v) is 6.03. The van der Waals surface area contributed by atoms with Crippen LogP contribution in [0.3, 0.4) is 0 Å². The number of nitrogens with zero attached hydrogens (tertiary/aromatic N) is 1. The monoisotopic (exact) mass is 350 g/mol. The number of hydrogen-bond donors (Lipinski definition) is 2. The zero-order chi connectivity index (χ0) is 16.8. The summed E-state index contributed by atoms with van der Waals surface area (Å²) in [5, 5.41) is 11.1. The molecule has 122 valence electrons. The molecule has 1 aromatic heterocycles. The van der Waals surface area contributed by atoms with Gasteiger partial charge in [-0.05, 0) is 55.4 Å². The van der Waals surface area contributed by atoms with Crippen molar-refractivity contribution >= 4 is 29.9 Å². The highest BCUT2D eigenvalue weighted by Crippen LogP contribution is 2.22. The largest absolute Gasteiger partial charge is 0.494 e. The maximum absolute atomic E-state index is 12.1. The number of aromatic amines is 1. The third-order valence-corrected chi connectivity index (χ3v) is 4.00. The Balaban J connectivity index is 2.41. The van der Waals surface area contributed by atoms with Crippen LogP contribution in [0.4, 0.5) is 0 Å². The predicted molar refractivity (Wildman–Crippen MR) is 97.1 cm³/mol. The Kier molecular flexibility index (Phi) is 6.19. The second-order valence-electron chi connectivity index (χ2n) is 5.21. The molecule has 0 aliphatic heterocycles. The summed E-state index contributed by atoms with van der Waals surface area (Å²) in [5.41, 5.74) is 0.434. The lowest BCUT2D eigenvalue weighted by Gasteiger charge is -2.11. The van der Waals surface area contributed by atoms with Crippen LogP contribution in [0.5, 0.6) is 5.88 Å². The van der Waals surface area contributed by atoms with Gasteiger partial charge in [-0.3, -0.25) is 14.3 Å². The zero-order valence-electron chi connectivity index (χ0n) is 12.9. The Bertz CT molecular complexity index is 807. The maximum atomic E-state index is 12.1. The minimum absolute atomic E-state index is 0.137. The third kappa shape index (κ3) is 4.33. The van der Waals surface area contributed by atoms with Crippen molar-refractivity contribution in [3.8, 4) is 11.6 Å². The van der Waals surface area contributed by atoms with Crippen LogP contribution >= 0.6 is 23.8 Å². The Morgan fingerprint density at radius 2 is 2.00 bits per heavy atom. The molecular formula is C17H19ClN2O2S. The van der Waals surface area contributed by atoms with Gasteiger partial charge in [0.05, 0.1) is 11.3 Å². The molecule has 4 nitrogen and oxygen atoms in total. The van der Waals surface area contributed by atoms with Gasteiger partial charge in [-0.2, -0.15) is 0 Å². The van der Waals surface area contributed by atoms with Gasteiger partial charge in [-0.25, -0.2) is 0 Å². The first kappa shape index (κ1) is 17.5. The highest BCUT2D eigenvalue weighted by molar-refractivity contribution is 7.71. The number of aromatic hydroxyl groups is 1. The predicted octanol–water partition coefficient (Wildman–Crippen LogP) is 4.85. The topological polar surface area (TPSA) is 58.0 Å². The van der Waals surface area contributed by atoms with Crippen LogP contribution in [0.1, 0.15) is 38.2 Å². The van der Waals surface area contributed by atoms with Crippen molar-refractivity contribution in [1.82, 2.24) is 9.55 Å². The molecule has 0 radical (unpaired) electrons. The normalized spacial score (nSPS) is 11.2. The van der Waals surface area contributed by atoms with Crippen molar-refractivity contribution in [2.24, 2.45) is 0 Å². The molecular weight excluding hydrogens is 332 g/mol. The minimum Gasteiger partial charge on any atom is -0.494 e. The molecule has 0 unspecified atom stereocenters. The number of allylic oxidation sites excluding steroid dienone is 1. The molecule has 0 spiro atoms. The molecule has 0 amide bonds. The summed E-state index contributed by atoms with van der Waals surface area (Å²) < 4.78 is 1.55. The van der Waals surface area contributed by atoms with Gasteiger partial charge < -0.3 is 5.11 Å². The summed E-state index contributed by atoms with van der Waals surface area (Å²) in [7, 11) is 0. The lowest BCUT2D eigenvalue weighted by atomic mass is 10.2. The third-order valence-electron chi connectivity index (χ3n) is 3.46. The van der Waals surface area contributed by atoms with Gasteiger partial charge in [-0.15, -0.1) is 0 Å². The van der Waals surface area contributed by atoms with Gasteiger partial charge in [0.25, 0.3) is 5.56 Å². The summed E-state index contributed by atoms with van der Waals surface area (Å²) in [4.78, 5) is 14.6. The van der Waals surface area contributed by atoms with E-state index in [4.69, 9.17) is 23.8 Å². The average Bonchev–Trinajstić information content (AvgIpc) is 2.51. The van der Waals surface area contributed by atoms with Gasteiger partial charge in [0.1, 0.15) is 0 Å². The van der Waals surface area contributed by atoms with E-state index in [0.29, 0.717) is 10.7 Å². The molecule has 1 aromatic carbocycles. The van der Waals surface area contributed by atoms with E-state index in [2.05, 4.69) is 11.9 Å². The number of halogens is 1. The van der Waals surface area contributed by atoms with Crippen LogP contribution in [0.2, 0.25) is 5.02 Å². The van der Waals surface area contributed by atoms with E-state index in [1.165, 1.54) is 4.57 Å². The molecule has 0 atom stereocenters. The number of hydrogen-bond acceptors (Lipinski definition) is 3. The van der Waals surface area contributed by atoms with Gasteiger partial charge in [-0.1, -0.05) is 37.4 Å². The number of nitrogens with one attached hydrogen (secondary N) is 1. The summed E-state index contributed by atoms with van der Waals surface area (Å²) in [6, 6.07) is 6.85. The van der Waals surface area contributed by atoms with Gasteiger partial charge in [0, 0.05) is 5.02 Å². The highest BCUT2D eigenvalue weighted by Gasteiger charge is 2.11. The van der Waals surface area contributed by atoms with Crippen LogP contribution in [-0.2, 0) is 0 Å². The lowest BCUT2D eigenvalue weighted by molar-refractivity contribution is 0.432. The zero-order valence-corrected chi connectivity index (χ0v) is 14.5. The first-order valence-electron chi connectivity index (χ1n) is 7.55. The smallest absolute Gasteiger partial charge is 0.262 e. The number of benzene rings is 1. The van der Waals surface area contributed by atoms with Gasteiger partial charge >= 0.3 is 0 Å². The van der Waals surface area contributed by atoms with E-state index >= 15 is 0 Å². The molecule has 0 aliphatic rings. The van der Waals surface area contributed by atoms with Crippen LogP contribution in [0.15, 0.2) is 35.1 Å². The van der Waals surface area contributed by atoms with Crippen molar-refractivity contribution in [3.05, 3.63) is 56.1 Å². The van der Waals surface area contributed by atoms with Crippen molar-refractivity contribution < 1.29 is 5.11 Å². The molecule has 0 bridgehead atoms. The minimum atomic E-state index is -0.399. The molecule has 0 saturated heterocycles. The van der Waals surface area contributed by atoms with E-state index in [9.17, 15) is 9.90 Å². The number of unbranched alkanes of at least 4 members (excludes halogenated alkanes) is 3. The summed E-state index contributed by atoms with van der Waals surface area (Å²) in [6.45, 7) is 2.14. The summed E-state index contributed by atoms with van der Waals surface area (Å²) >= 11 is 11.0. The van der Waals surface area contributed by atoms with Crippen LogP contribution in [-0.4, -0.2) is 14.7 Å². The molecule has 2 aromatic rings. The second kappa shape index (κ2) is 8.13. The standard InChI is InChI=1S/C17H19ClN2O2S/c1-2-3-4-5-6-7-14-15(21)19-17(23)20(16(14)22)13-10-8-12(18)9-11-13/h6-11,22H,2-5H2,1H3,(H,19,21,23). The number of rotatable bonds is 6. The van der Waals surface area contributed by atoms with E-state index in [0.717, 1.165) is 25.7 Å². The van der Waals surface area contributed by atoms with E-state index in [1.54, 1.807) is 30.3 Å². The van der Waals surface area contributed by atoms with Crippen LogP contribution in [0.25, 0.3) is 11.8 Å². The Morgan fingerprint density at radius 3 is 2.65 bits per heavy atom. The van der Waals surface area contributed by atoms with E-state index < -0.39 is 5.56 Å².